The molecule has 1 aromatic heterocycles. The predicted molar refractivity (Wildman–Crippen MR) is 96.4 cm³/mol. The largest absolute Gasteiger partial charge is 0.341 e. The second-order valence-electron chi connectivity index (χ2n) is 7.04. The summed E-state index contributed by atoms with van der Waals surface area (Å²) in [6, 6.07) is 5.62. The van der Waals surface area contributed by atoms with Gasteiger partial charge in [0.05, 0.1) is 5.25 Å². The molecule has 0 spiro atoms. The molecule has 138 valence electrons. The molecule has 2 heterocycles. The number of pyridine rings is 1. The fraction of sp³-hybridized carbons (Fsp3) is 0.667. The van der Waals surface area contributed by atoms with Crippen LogP contribution in [0.15, 0.2) is 24.4 Å². The second kappa shape index (κ2) is 8.27. The number of carbonyl (C=O) groups is 1. The maximum atomic E-state index is 12.6. The lowest BCUT2D eigenvalue weighted by Crippen LogP contribution is -2.49. The number of hydrogen-bond acceptors (Lipinski definition) is 4. The van der Waals surface area contributed by atoms with Gasteiger partial charge in [-0.05, 0) is 37.8 Å². The summed E-state index contributed by atoms with van der Waals surface area (Å²) in [4.78, 5) is 18.6. The molecule has 2 aliphatic rings. The lowest BCUT2D eigenvalue weighted by molar-refractivity contribution is -0.136. The Kier molecular flexibility index (Phi) is 6.06. The third-order valence-corrected chi connectivity index (χ3v) is 7.11. The molecular weight excluding hydrogens is 338 g/mol. The zero-order chi connectivity index (χ0) is 17.7. The number of likely N-dealkylation sites (tertiary alicyclic amines) is 1. The summed E-state index contributed by atoms with van der Waals surface area (Å²) in [6.45, 7) is 1.36. The average molecular weight is 365 g/mol. The van der Waals surface area contributed by atoms with E-state index < -0.39 is 15.3 Å². The third kappa shape index (κ3) is 4.79. The van der Waals surface area contributed by atoms with Crippen LogP contribution in [-0.4, -0.2) is 49.1 Å². The van der Waals surface area contributed by atoms with Gasteiger partial charge in [-0.3, -0.25) is 9.78 Å². The van der Waals surface area contributed by atoms with Crippen molar-refractivity contribution in [3.05, 3.63) is 30.1 Å². The van der Waals surface area contributed by atoms with Crippen LogP contribution in [0.4, 0.5) is 0 Å². The lowest BCUT2D eigenvalue weighted by atomic mass is 10.0. The molecule has 0 unspecified atom stereocenters. The SMILES string of the molecule is O=C(C1CCCC1)N1CCC[C@H](S(=O)(=O)NCCc2ccccn2)C1. The summed E-state index contributed by atoms with van der Waals surface area (Å²) in [7, 11) is -3.42. The number of sulfonamides is 1. The number of hydrogen-bond donors (Lipinski definition) is 1. The molecule has 0 radical (unpaired) electrons. The number of nitrogens with one attached hydrogen (secondary N) is 1. The highest BCUT2D eigenvalue weighted by atomic mass is 32.2. The van der Waals surface area contributed by atoms with Gasteiger partial charge in [-0.25, -0.2) is 13.1 Å². The highest BCUT2D eigenvalue weighted by Gasteiger charge is 2.35. The highest BCUT2D eigenvalue weighted by Crippen LogP contribution is 2.28. The lowest BCUT2D eigenvalue weighted by Gasteiger charge is -2.34. The van der Waals surface area contributed by atoms with Crippen LogP contribution >= 0.6 is 0 Å². The molecule has 6 nitrogen and oxygen atoms in total. The van der Waals surface area contributed by atoms with E-state index in [0.717, 1.165) is 37.8 Å². The molecule has 1 atom stereocenters. The van der Waals surface area contributed by atoms with E-state index >= 15 is 0 Å². The maximum absolute atomic E-state index is 12.6. The van der Waals surface area contributed by atoms with Gasteiger partial charge in [0.25, 0.3) is 0 Å². The van der Waals surface area contributed by atoms with Crippen molar-refractivity contribution in [3.8, 4) is 0 Å². The van der Waals surface area contributed by atoms with E-state index in [1.165, 1.54) is 0 Å². The molecule has 1 aliphatic heterocycles. The van der Waals surface area contributed by atoms with E-state index in [9.17, 15) is 13.2 Å². The van der Waals surface area contributed by atoms with Gasteiger partial charge >= 0.3 is 0 Å². The predicted octanol–water partition coefficient (Wildman–Crippen LogP) is 1.72. The topological polar surface area (TPSA) is 79.4 Å². The zero-order valence-corrected chi connectivity index (χ0v) is 15.4. The Hall–Kier alpha value is -1.47. The Morgan fingerprint density at radius 3 is 2.72 bits per heavy atom. The fourth-order valence-electron chi connectivity index (χ4n) is 3.81. The molecule has 1 saturated carbocycles. The Morgan fingerprint density at radius 2 is 2.00 bits per heavy atom. The van der Waals surface area contributed by atoms with Gasteiger partial charge < -0.3 is 4.90 Å². The van der Waals surface area contributed by atoms with Gasteiger partial charge in [0, 0.05) is 43.9 Å². The van der Waals surface area contributed by atoms with E-state index in [-0.39, 0.29) is 11.8 Å². The monoisotopic (exact) mass is 365 g/mol. The van der Waals surface area contributed by atoms with Crippen LogP contribution in [0.25, 0.3) is 0 Å². The van der Waals surface area contributed by atoms with Gasteiger partial charge in [0.2, 0.25) is 15.9 Å². The van der Waals surface area contributed by atoms with E-state index in [1.807, 2.05) is 18.2 Å². The van der Waals surface area contributed by atoms with E-state index in [1.54, 1.807) is 11.1 Å². The molecule has 1 aliphatic carbocycles. The molecule has 2 fully saturated rings. The number of piperidine rings is 1. The first-order chi connectivity index (χ1) is 12.1. The minimum absolute atomic E-state index is 0.110. The molecular formula is C18H27N3O3S. The summed E-state index contributed by atoms with van der Waals surface area (Å²) in [5.41, 5.74) is 0.867. The summed E-state index contributed by atoms with van der Waals surface area (Å²) >= 11 is 0. The molecule has 7 heteroatoms. The first-order valence-electron chi connectivity index (χ1n) is 9.23. The van der Waals surface area contributed by atoms with Crippen molar-refractivity contribution in [2.45, 2.75) is 50.2 Å². The van der Waals surface area contributed by atoms with Gasteiger partial charge in [-0.1, -0.05) is 18.9 Å². The fourth-order valence-corrected chi connectivity index (χ4v) is 5.28. The molecule has 1 amide bonds. The number of nitrogens with zero attached hydrogens (tertiary/aromatic N) is 2. The number of rotatable bonds is 6. The van der Waals surface area contributed by atoms with Crippen molar-refractivity contribution in [1.29, 1.82) is 0 Å². The third-order valence-electron chi connectivity index (χ3n) is 5.24. The molecule has 0 bridgehead atoms. The molecule has 1 aromatic rings. The van der Waals surface area contributed by atoms with Crippen LogP contribution in [-0.2, 0) is 21.2 Å². The second-order valence-corrected chi connectivity index (χ2v) is 9.09. The Labute approximate surface area is 150 Å². The van der Waals surface area contributed by atoms with Crippen LogP contribution in [0.3, 0.4) is 0 Å². The van der Waals surface area contributed by atoms with Gasteiger partial charge in [-0.15, -0.1) is 0 Å². The van der Waals surface area contributed by atoms with E-state index in [0.29, 0.717) is 32.5 Å². The van der Waals surface area contributed by atoms with Crippen LogP contribution in [0.5, 0.6) is 0 Å². The summed E-state index contributed by atoms with van der Waals surface area (Å²) in [6.07, 6.45) is 7.78. The molecule has 1 saturated heterocycles. The Bertz CT molecular complexity index is 672. The van der Waals surface area contributed by atoms with Crippen molar-refractivity contribution in [2.75, 3.05) is 19.6 Å². The van der Waals surface area contributed by atoms with Crippen molar-refractivity contribution >= 4 is 15.9 Å². The highest BCUT2D eigenvalue weighted by molar-refractivity contribution is 7.90. The number of amides is 1. The van der Waals surface area contributed by atoms with Gasteiger partial charge in [0.15, 0.2) is 0 Å². The first kappa shape index (κ1) is 18.3. The Morgan fingerprint density at radius 1 is 1.20 bits per heavy atom. The minimum atomic E-state index is -3.42. The number of aromatic nitrogens is 1. The zero-order valence-electron chi connectivity index (χ0n) is 14.6. The van der Waals surface area contributed by atoms with Crippen molar-refractivity contribution in [2.24, 2.45) is 5.92 Å². The van der Waals surface area contributed by atoms with E-state index in [4.69, 9.17) is 0 Å². The van der Waals surface area contributed by atoms with E-state index in [2.05, 4.69) is 9.71 Å². The molecule has 1 N–H and O–H groups in total. The van der Waals surface area contributed by atoms with Gasteiger partial charge in [0.1, 0.15) is 0 Å². The summed E-state index contributed by atoms with van der Waals surface area (Å²) in [5, 5.41) is -0.504. The first-order valence-corrected chi connectivity index (χ1v) is 10.8. The average Bonchev–Trinajstić information content (AvgIpc) is 3.17. The molecule has 3 rings (SSSR count). The van der Waals surface area contributed by atoms with Crippen molar-refractivity contribution in [3.63, 3.8) is 0 Å². The minimum Gasteiger partial charge on any atom is -0.341 e. The summed E-state index contributed by atoms with van der Waals surface area (Å²) < 4.78 is 27.9. The quantitative estimate of drug-likeness (QED) is 0.832. The Balaban J connectivity index is 1.53. The normalized spacial score (nSPS) is 22.2. The van der Waals surface area contributed by atoms with Crippen LogP contribution in [0, 0.1) is 5.92 Å². The van der Waals surface area contributed by atoms with Crippen LogP contribution in [0.2, 0.25) is 0 Å². The van der Waals surface area contributed by atoms with Crippen molar-refractivity contribution < 1.29 is 13.2 Å². The summed E-state index contributed by atoms with van der Waals surface area (Å²) in [5.74, 6) is 0.268. The molecule has 25 heavy (non-hydrogen) atoms. The number of carbonyl (C=O) groups excluding carboxylic acids is 1. The van der Waals surface area contributed by atoms with Crippen LogP contribution < -0.4 is 4.72 Å². The van der Waals surface area contributed by atoms with Crippen LogP contribution in [0.1, 0.15) is 44.2 Å². The maximum Gasteiger partial charge on any atom is 0.225 e. The van der Waals surface area contributed by atoms with Gasteiger partial charge in [-0.2, -0.15) is 0 Å². The molecule has 0 aromatic carbocycles. The van der Waals surface area contributed by atoms with Crippen molar-refractivity contribution in [1.82, 2.24) is 14.6 Å². The smallest absolute Gasteiger partial charge is 0.225 e. The standard InChI is InChI=1S/C18H27N3O3S/c22-18(15-6-1-2-7-15)21-13-5-9-17(14-21)25(23,24)20-12-10-16-8-3-4-11-19-16/h3-4,8,11,15,17,20H,1-2,5-7,9-10,12-14H2/t17-/m0/s1.